The Morgan fingerprint density at radius 2 is 1.75 bits per heavy atom. The highest BCUT2D eigenvalue weighted by molar-refractivity contribution is 7.89. The molecule has 2 heterocycles. The number of sulfonamides is 1. The minimum absolute atomic E-state index is 0.0587. The molecule has 0 radical (unpaired) electrons. The molecular weight excluding hydrogens is 380 g/mol. The first-order valence-corrected chi connectivity index (χ1v) is 10.3. The molecule has 1 aliphatic rings. The van der Waals surface area contributed by atoms with Gasteiger partial charge < -0.3 is 4.42 Å². The molecule has 1 saturated heterocycles. The molecule has 8 nitrogen and oxygen atoms in total. The van der Waals surface area contributed by atoms with Gasteiger partial charge in [0.05, 0.1) is 4.90 Å². The molecule has 4 rings (SSSR count). The Morgan fingerprint density at radius 3 is 2.50 bits per heavy atom. The van der Waals surface area contributed by atoms with Crippen LogP contribution in [-0.2, 0) is 10.0 Å². The number of amides is 1. The van der Waals surface area contributed by atoms with Gasteiger partial charge in [0.2, 0.25) is 15.9 Å². The summed E-state index contributed by atoms with van der Waals surface area (Å²) in [5, 5.41) is 10.2. The van der Waals surface area contributed by atoms with Crippen molar-refractivity contribution < 1.29 is 17.6 Å². The molecule has 1 N–H and O–H groups in total. The lowest BCUT2D eigenvalue weighted by Gasteiger charge is -2.15. The van der Waals surface area contributed by atoms with Crippen LogP contribution in [0.25, 0.3) is 11.5 Å². The van der Waals surface area contributed by atoms with Crippen molar-refractivity contribution in [3.8, 4) is 11.5 Å². The highest BCUT2D eigenvalue weighted by atomic mass is 32.2. The van der Waals surface area contributed by atoms with Gasteiger partial charge in [-0.15, -0.1) is 5.10 Å². The summed E-state index contributed by atoms with van der Waals surface area (Å²) in [6.07, 6.45) is 1.70. The molecule has 0 aliphatic carbocycles. The zero-order valence-corrected chi connectivity index (χ0v) is 15.7. The van der Waals surface area contributed by atoms with E-state index in [1.54, 1.807) is 6.07 Å². The minimum Gasteiger partial charge on any atom is -0.403 e. The molecule has 0 bridgehead atoms. The minimum atomic E-state index is -3.60. The van der Waals surface area contributed by atoms with E-state index in [0.717, 1.165) is 18.4 Å². The molecule has 144 valence electrons. The monoisotopic (exact) mass is 398 g/mol. The number of benzene rings is 2. The second kappa shape index (κ2) is 7.53. The highest BCUT2D eigenvalue weighted by Crippen LogP contribution is 2.23. The van der Waals surface area contributed by atoms with E-state index in [1.165, 1.54) is 22.5 Å². The van der Waals surface area contributed by atoms with Crippen LogP contribution in [-0.4, -0.2) is 41.9 Å². The fraction of sp³-hybridized carbons (Fsp3) is 0.211. The Morgan fingerprint density at radius 1 is 1.00 bits per heavy atom. The normalized spacial score (nSPS) is 14.9. The van der Waals surface area contributed by atoms with Gasteiger partial charge in [-0.3, -0.25) is 10.1 Å². The first-order chi connectivity index (χ1) is 13.5. The van der Waals surface area contributed by atoms with Crippen molar-refractivity contribution in [2.45, 2.75) is 17.7 Å². The summed E-state index contributed by atoms with van der Waals surface area (Å²) in [6.45, 7) is 1.01. The maximum atomic E-state index is 12.7. The fourth-order valence-electron chi connectivity index (χ4n) is 3.02. The average molecular weight is 398 g/mol. The van der Waals surface area contributed by atoms with Crippen LogP contribution >= 0.6 is 0 Å². The van der Waals surface area contributed by atoms with Crippen molar-refractivity contribution in [3.05, 3.63) is 60.2 Å². The van der Waals surface area contributed by atoms with Gasteiger partial charge in [-0.25, -0.2) is 8.42 Å². The van der Waals surface area contributed by atoms with Gasteiger partial charge in [-0.2, -0.15) is 4.31 Å². The predicted molar refractivity (Wildman–Crippen MR) is 102 cm³/mol. The number of carbonyl (C=O) groups excluding carboxylic acids is 1. The molecule has 1 amide bonds. The van der Waals surface area contributed by atoms with E-state index in [1.807, 2.05) is 30.3 Å². The van der Waals surface area contributed by atoms with Crippen LogP contribution in [0.2, 0.25) is 0 Å². The number of nitrogens with one attached hydrogen (secondary N) is 1. The number of hydrogen-bond donors (Lipinski definition) is 1. The van der Waals surface area contributed by atoms with Crippen molar-refractivity contribution in [1.82, 2.24) is 14.5 Å². The Balaban J connectivity index is 1.52. The third-order valence-electron chi connectivity index (χ3n) is 4.47. The predicted octanol–water partition coefficient (Wildman–Crippen LogP) is 2.77. The zero-order valence-electron chi connectivity index (χ0n) is 14.9. The molecule has 0 unspecified atom stereocenters. The molecule has 1 aromatic heterocycles. The maximum Gasteiger partial charge on any atom is 0.322 e. The van der Waals surface area contributed by atoms with Gasteiger partial charge in [0.15, 0.2) is 0 Å². The summed E-state index contributed by atoms with van der Waals surface area (Å²) in [5.74, 6) is -0.247. The molecular formula is C19H18N4O4S. The van der Waals surface area contributed by atoms with Crippen LogP contribution in [0, 0.1) is 0 Å². The van der Waals surface area contributed by atoms with Gasteiger partial charge in [0.25, 0.3) is 5.91 Å². The molecule has 2 aromatic carbocycles. The van der Waals surface area contributed by atoms with Gasteiger partial charge in [-0.1, -0.05) is 29.4 Å². The number of aromatic nitrogens is 2. The molecule has 28 heavy (non-hydrogen) atoms. The van der Waals surface area contributed by atoms with E-state index in [-0.39, 0.29) is 22.4 Å². The van der Waals surface area contributed by atoms with Crippen LogP contribution in [0.4, 0.5) is 6.01 Å². The SMILES string of the molecule is O=C(Nc1nnc(-c2ccccc2)o1)c1cccc(S(=O)(=O)N2CCCC2)c1. The molecule has 0 spiro atoms. The topological polar surface area (TPSA) is 105 Å². The number of hydrogen-bond acceptors (Lipinski definition) is 6. The lowest BCUT2D eigenvalue weighted by molar-refractivity contribution is 0.102. The fourth-order valence-corrected chi connectivity index (χ4v) is 4.58. The Labute approximate surface area is 162 Å². The number of nitrogens with zero attached hydrogens (tertiary/aromatic N) is 3. The van der Waals surface area contributed by atoms with Crippen molar-refractivity contribution in [3.63, 3.8) is 0 Å². The van der Waals surface area contributed by atoms with E-state index in [2.05, 4.69) is 15.5 Å². The van der Waals surface area contributed by atoms with Crippen LogP contribution in [0.5, 0.6) is 0 Å². The molecule has 1 aliphatic heterocycles. The van der Waals surface area contributed by atoms with Crippen LogP contribution in [0.1, 0.15) is 23.2 Å². The quantitative estimate of drug-likeness (QED) is 0.708. The third-order valence-corrected chi connectivity index (χ3v) is 6.36. The summed E-state index contributed by atoms with van der Waals surface area (Å²) in [6, 6.07) is 15.0. The molecule has 9 heteroatoms. The van der Waals surface area contributed by atoms with Crippen LogP contribution in [0.15, 0.2) is 63.9 Å². The van der Waals surface area contributed by atoms with E-state index >= 15 is 0 Å². The highest BCUT2D eigenvalue weighted by Gasteiger charge is 2.27. The van der Waals surface area contributed by atoms with Gasteiger partial charge in [0.1, 0.15) is 0 Å². The molecule has 3 aromatic rings. The van der Waals surface area contributed by atoms with E-state index in [9.17, 15) is 13.2 Å². The summed E-state index contributed by atoms with van der Waals surface area (Å²) in [5.41, 5.74) is 0.925. The summed E-state index contributed by atoms with van der Waals surface area (Å²) < 4.78 is 32.3. The number of rotatable bonds is 5. The zero-order chi connectivity index (χ0) is 19.6. The lowest BCUT2D eigenvalue weighted by atomic mass is 10.2. The van der Waals surface area contributed by atoms with E-state index in [4.69, 9.17) is 4.42 Å². The van der Waals surface area contributed by atoms with Gasteiger partial charge >= 0.3 is 6.01 Å². The lowest BCUT2D eigenvalue weighted by Crippen LogP contribution is -2.28. The van der Waals surface area contributed by atoms with Crippen molar-refractivity contribution in [2.24, 2.45) is 0 Å². The van der Waals surface area contributed by atoms with Crippen molar-refractivity contribution in [1.29, 1.82) is 0 Å². The second-order valence-electron chi connectivity index (χ2n) is 6.37. The van der Waals surface area contributed by atoms with E-state index < -0.39 is 15.9 Å². The third kappa shape index (κ3) is 3.67. The van der Waals surface area contributed by atoms with Crippen molar-refractivity contribution in [2.75, 3.05) is 18.4 Å². The first kappa shape index (κ1) is 18.3. The Bertz CT molecular complexity index is 1090. The smallest absolute Gasteiger partial charge is 0.322 e. The average Bonchev–Trinajstić information content (AvgIpc) is 3.41. The standard InChI is InChI=1S/C19H18N4O4S/c24-17(20-19-22-21-18(27-19)14-7-2-1-3-8-14)15-9-6-10-16(13-15)28(25,26)23-11-4-5-12-23/h1-3,6-10,13H,4-5,11-12H2,(H,20,22,24). The Hall–Kier alpha value is -3.04. The van der Waals surface area contributed by atoms with Crippen LogP contribution in [0.3, 0.4) is 0 Å². The maximum absolute atomic E-state index is 12.7. The largest absolute Gasteiger partial charge is 0.403 e. The number of anilines is 1. The first-order valence-electron chi connectivity index (χ1n) is 8.84. The van der Waals surface area contributed by atoms with Crippen LogP contribution < -0.4 is 5.32 Å². The van der Waals surface area contributed by atoms with Gasteiger partial charge in [0, 0.05) is 24.2 Å². The van der Waals surface area contributed by atoms with Crippen molar-refractivity contribution >= 4 is 21.9 Å². The van der Waals surface area contributed by atoms with E-state index in [0.29, 0.717) is 13.1 Å². The Kier molecular flexibility index (Phi) is 4.93. The molecule has 0 atom stereocenters. The summed E-state index contributed by atoms with van der Waals surface area (Å²) >= 11 is 0. The molecule has 1 fully saturated rings. The second-order valence-corrected chi connectivity index (χ2v) is 8.31. The van der Waals surface area contributed by atoms with Gasteiger partial charge in [-0.05, 0) is 43.2 Å². The summed E-state index contributed by atoms with van der Waals surface area (Å²) in [4.78, 5) is 12.6. The molecule has 0 saturated carbocycles. The number of carbonyl (C=O) groups is 1. The summed E-state index contributed by atoms with van der Waals surface area (Å²) in [7, 11) is -3.60.